The molecule has 1 heterocycles. The van der Waals surface area contributed by atoms with E-state index in [0.29, 0.717) is 17.8 Å². The normalized spacial score (nSPS) is 11.3. The first-order chi connectivity index (χ1) is 9.40. The molecule has 0 fully saturated rings. The molecular weight excluding hydrogens is 336 g/mol. The lowest BCUT2D eigenvalue weighted by atomic mass is 9.91. The Labute approximate surface area is 131 Å². The van der Waals surface area contributed by atoms with Crippen molar-refractivity contribution in [3.05, 3.63) is 50.6 Å². The van der Waals surface area contributed by atoms with Crippen LogP contribution in [0.2, 0.25) is 0 Å². The van der Waals surface area contributed by atoms with Gasteiger partial charge in [-0.3, -0.25) is 4.79 Å². The molecule has 2 rings (SSSR count). The highest BCUT2D eigenvalue weighted by atomic mass is 79.9. The fourth-order valence-corrected chi connectivity index (χ4v) is 3.09. The maximum Gasteiger partial charge on any atom is 0.253 e. The average Bonchev–Trinajstić information content (AvgIpc) is 2.93. The number of rotatable bonds is 4. The Morgan fingerprint density at radius 3 is 2.80 bits per heavy atom. The summed E-state index contributed by atoms with van der Waals surface area (Å²) in [6.07, 6.45) is 0. The summed E-state index contributed by atoms with van der Waals surface area (Å²) in [7, 11) is 0. The SMILES string of the molecule is CC(C)(CNC(=O)c1cc(Br)ccc1N)c1cccs1. The standard InChI is InChI=1S/C15H17BrN2OS/c1-15(2,13-4-3-7-20-13)9-18-14(19)11-8-10(16)5-6-12(11)17/h3-8H,9,17H2,1-2H3,(H,18,19). The fraction of sp³-hybridized carbons (Fsp3) is 0.267. The van der Waals surface area contributed by atoms with Crippen LogP contribution in [-0.2, 0) is 5.41 Å². The number of nitrogens with two attached hydrogens (primary N) is 1. The van der Waals surface area contributed by atoms with Crippen molar-refractivity contribution in [1.82, 2.24) is 5.32 Å². The molecule has 106 valence electrons. The Bertz CT molecular complexity index is 608. The van der Waals surface area contributed by atoms with Gasteiger partial charge in [0.25, 0.3) is 5.91 Å². The lowest BCUT2D eigenvalue weighted by molar-refractivity contribution is 0.0946. The van der Waals surface area contributed by atoms with Gasteiger partial charge in [-0.2, -0.15) is 0 Å². The number of hydrogen-bond acceptors (Lipinski definition) is 3. The van der Waals surface area contributed by atoms with Crippen LogP contribution in [0.25, 0.3) is 0 Å². The minimum atomic E-state index is -0.145. The number of carbonyl (C=O) groups is 1. The molecular formula is C15H17BrN2OS. The maximum atomic E-state index is 12.2. The molecule has 20 heavy (non-hydrogen) atoms. The molecule has 0 spiro atoms. The molecule has 1 aromatic carbocycles. The van der Waals surface area contributed by atoms with Gasteiger partial charge in [0.1, 0.15) is 0 Å². The minimum Gasteiger partial charge on any atom is -0.398 e. The van der Waals surface area contributed by atoms with Gasteiger partial charge in [0.05, 0.1) is 5.56 Å². The quantitative estimate of drug-likeness (QED) is 0.822. The summed E-state index contributed by atoms with van der Waals surface area (Å²) < 4.78 is 0.842. The third-order valence-corrected chi connectivity index (χ3v) is 4.87. The number of benzene rings is 1. The van der Waals surface area contributed by atoms with Crippen molar-refractivity contribution in [3.8, 4) is 0 Å². The Morgan fingerprint density at radius 2 is 2.15 bits per heavy atom. The first-order valence-corrected chi connectivity index (χ1v) is 7.94. The number of anilines is 1. The van der Waals surface area contributed by atoms with Crippen LogP contribution in [-0.4, -0.2) is 12.5 Å². The predicted molar refractivity (Wildman–Crippen MR) is 88.2 cm³/mol. The van der Waals surface area contributed by atoms with Crippen molar-refractivity contribution in [3.63, 3.8) is 0 Å². The number of nitrogen functional groups attached to an aromatic ring is 1. The summed E-state index contributed by atoms with van der Waals surface area (Å²) in [5, 5.41) is 5.01. The molecule has 2 aromatic rings. The lowest BCUT2D eigenvalue weighted by Gasteiger charge is -2.23. The van der Waals surface area contributed by atoms with Crippen LogP contribution < -0.4 is 11.1 Å². The van der Waals surface area contributed by atoms with Crippen molar-refractivity contribution in [2.75, 3.05) is 12.3 Å². The zero-order valence-corrected chi connectivity index (χ0v) is 13.8. The number of carbonyl (C=O) groups excluding carboxylic acids is 1. The second kappa shape index (κ2) is 5.97. The van der Waals surface area contributed by atoms with Crippen LogP contribution in [0.3, 0.4) is 0 Å². The van der Waals surface area contributed by atoms with Crippen molar-refractivity contribution in [1.29, 1.82) is 0 Å². The van der Waals surface area contributed by atoms with Crippen LogP contribution in [0.5, 0.6) is 0 Å². The molecule has 0 aliphatic rings. The van der Waals surface area contributed by atoms with E-state index in [4.69, 9.17) is 5.73 Å². The second-order valence-electron chi connectivity index (χ2n) is 5.28. The molecule has 0 bridgehead atoms. The highest BCUT2D eigenvalue weighted by molar-refractivity contribution is 9.10. The zero-order chi connectivity index (χ0) is 14.8. The highest BCUT2D eigenvalue weighted by Gasteiger charge is 2.23. The first kappa shape index (κ1) is 15.1. The fourth-order valence-electron chi connectivity index (χ4n) is 1.87. The summed E-state index contributed by atoms with van der Waals surface area (Å²) in [5.74, 6) is -0.145. The van der Waals surface area contributed by atoms with Gasteiger partial charge in [0.15, 0.2) is 0 Å². The molecule has 3 nitrogen and oxygen atoms in total. The second-order valence-corrected chi connectivity index (χ2v) is 7.14. The average molecular weight is 353 g/mol. The third-order valence-electron chi connectivity index (χ3n) is 3.14. The molecule has 5 heteroatoms. The Balaban J connectivity index is 2.07. The monoisotopic (exact) mass is 352 g/mol. The van der Waals surface area contributed by atoms with Crippen LogP contribution >= 0.6 is 27.3 Å². The molecule has 0 saturated heterocycles. The molecule has 0 aliphatic heterocycles. The molecule has 0 saturated carbocycles. The van der Waals surface area contributed by atoms with E-state index in [9.17, 15) is 4.79 Å². The van der Waals surface area contributed by atoms with Gasteiger partial charge >= 0.3 is 0 Å². The van der Waals surface area contributed by atoms with Gasteiger partial charge < -0.3 is 11.1 Å². The van der Waals surface area contributed by atoms with Gasteiger partial charge in [-0.15, -0.1) is 11.3 Å². The predicted octanol–water partition coefficient (Wildman–Crippen LogP) is 3.80. The molecule has 0 atom stereocenters. The van der Waals surface area contributed by atoms with Gasteiger partial charge in [0.2, 0.25) is 0 Å². The lowest BCUT2D eigenvalue weighted by Crippen LogP contribution is -2.36. The van der Waals surface area contributed by atoms with E-state index in [2.05, 4.69) is 41.2 Å². The van der Waals surface area contributed by atoms with Gasteiger partial charge in [-0.25, -0.2) is 0 Å². The minimum absolute atomic E-state index is 0.0927. The summed E-state index contributed by atoms with van der Waals surface area (Å²) in [5.41, 5.74) is 6.74. The molecule has 1 amide bonds. The number of thiophene rings is 1. The molecule has 0 radical (unpaired) electrons. The Morgan fingerprint density at radius 1 is 1.40 bits per heavy atom. The van der Waals surface area contributed by atoms with Crippen LogP contribution in [0.4, 0.5) is 5.69 Å². The smallest absolute Gasteiger partial charge is 0.253 e. The zero-order valence-electron chi connectivity index (χ0n) is 11.4. The Kier molecular flexibility index (Phi) is 4.50. The topological polar surface area (TPSA) is 55.1 Å². The summed E-state index contributed by atoms with van der Waals surface area (Å²) in [6, 6.07) is 9.40. The molecule has 0 unspecified atom stereocenters. The highest BCUT2D eigenvalue weighted by Crippen LogP contribution is 2.27. The summed E-state index contributed by atoms with van der Waals surface area (Å²) in [6.45, 7) is 4.80. The van der Waals surface area contributed by atoms with Gasteiger partial charge in [-0.05, 0) is 29.6 Å². The number of halogens is 1. The van der Waals surface area contributed by atoms with E-state index in [1.165, 1.54) is 4.88 Å². The van der Waals surface area contributed by atoms with Crippen molar-refractivity contribution < 1.29 is 4.79 Å². The molecule has 0 aliphatic carbocycles. The summed E-state index contributed by atoms with van der Waals surface area (Å²) in [4.78, 5) is 13.5. The first-order valence-electron chi connectivity index (χ1n) is 6.27. The van der Waals surface area contributed by atoms with E-state index in [0.717, 1.165) is 4.47 Å². The van der Waals surface area contributed by atoms with Crippen LogP contribution in [0.1, 0.15) is 29.1 Å². The van der Waals surface area contributed by atoms with Gasteiger partial charge in [0, 0.05) is 27.0 Å². The van der Waals surface area contributed by atoms with E-state index in [1.54, 1.807) is 23.5 Å². The van der Waals surface area contributed by atoms with E-state index in [-0.39, 0.29) is 11.3 Å². The van der Waals surface area contributed by atoms with Crippen molar-refractivity contribution >= 4 is 38.9 Å². The number of hydrogen-bond donors (Lipinski definition) is 2. The Hall–Kier alpha value is -1.33. The molecule has 1 aromatic heterocycles. The van der Waals surface area contributed by atoms with Crippen molar-refractivity contribution in [2.45, 2.75) is 19.3 Å². The van der Waals surface area contributed by atoms with E-state index < -0.39 is 0 Å². The maximum absolute atomic E-state index is 12.2. The largest absolute Gasteiger partial charge is 0.398 e. The van der Waals surface area contributed by atoms with Crippen molar-refractivity contribution in [2.24, 2.45) is 0 Å². The van der Waals surface area contributed by atoms with E-state index in [1.807, 2.05) is 17.5 Å². The van der Waals surface area contributed by atoms with Crippen LogP contribution in [0.15, 0.2) is 40.2 Å². The molecule has 3 N–H and O–H groups in total. The number of nitrogens with one attached hydrogen (secondary N) is 1. The van der Waals surface area contributed by atoms with E-state index >= 15 is 0 Å². The number of amides is 1. The van der Waals surface area contributed by atoms with Gasteiger partial charge in [-0.1, -0.05) is 35.8 Å². The summed E-state index contributed by atoms with van der Waals surface area (Å²) >= 11 is 5.05. The van der Waals surface area contributed by atoms with Crippen LogP contribution in [0, 0.1) is 0 Å². The third kappa shape index (κ3) is 3.41.